The molecule has 0 bridgehead atoms. The molecular formula is C17H22F3N3O4. The van der Waals surface area contributed by atoms with Crippen molar-refractivity contribution in [3.05, 3.63) is 34.4 Å². The van der Waals surface area contributed by atoms with E-state index in [1.165, 1.54) is 17.0 Å². The van der Waals surface area contributed by atoms with E-state index in [1.807, 2.05) is 0 Å². The topological polar surface area (TPSA) is 75.9 Å². The van der Waals surface area contributed by atoms with Gasteiger partial charge in [-0.1, -0.05) is 0 Å². The molecule has 1 heterocycles. The summed E-state index contributed by atoms with van der Waals surface area (Å²) in [5.41, 5.74) is 0.743. The number of hydrogen-bond acceptors (Lipinski definition) is 6. The van der Waals surface area contributed by atoms with Crippen molar-refractivity contribution in [3.63, 3.8) is 0 Å². The van der Waals surface area contributed by atoms with Crippen molar-refractivity contribution in [1.29, 1.82) is 0 Å². The van der Waals surface area contributed by atoms with Crippen molar-refractivity contribution in [2.45, 2.75) is 19.0 Å². The minimum absolute atomic E-state index is 0.00422. The average Bonchev–Trinajstić information content (AvgIpc) is 2.60. The van der Waals surface area contributed by atoms with E-state index in [0.717, 1.165) is 5.69 Å². The number of esters is 1. The summed E-state index contributed by atoms with van der Waals surface area (Å²) >= 11 is 0. The van der Waals surface area contributed by atoms with E-state index in [9.17, 15) is 28.1 Å². The first-order chi connectivity index (χ1) is 12.7. The van der Waals surface area contributed by atoms with Crippen LogP contribution < -0.4 is 4.90 Å². The third-order valence-corrected chi connectivity index (χ3v) is 4.50. The van der Waals surface area contributed by atoms with Crippen LogP contribution in [0.25, 0.3) is 0 Å². The number of nitrogens with zero attached hydrogens (tertiary/aromatic N) is 3. The molecule has 2 rings (SSSR count). The Kier molecular flexibility index (Phi) is 7.00. The van der Waals surface area contributed by atoms with Crippen molar-refractivity contribution in [1.82, 2.24) is 4.90 Å². The van der Waals surface area contributed by atoms with E-state index in [1.54, 1.807) is 24.1 Å². The number of piperidine rings is 1. The fourth-order valence-corrected chi connectivity index (χ4v) is 2.94. The molecule has 0 aromatic heterocycles. The van der Waals surface area contributed by atoms with Crippen LogP contribution >= 0.6 is 0 Å². The fraction of sp³-hybridized carbons (Fsp3) is 0.588. The predicted molar refractivity (Wildman–Crippen MR) is 92.5 cm³/mol. The number of rotatable bonds is 7. The number of carbonyl (C=O) groups excluding carboxylic acids is 1. The second-order valence-corrected chi connectivity index (χ2v) is 6.53. The maximum Gasteiger partial charge on any atom is 0.401 e. The number of likely N-dealkylation sites (N-methyl/N-ethyl adjacent to an activating group) is 1. The highest BCUT2D eigenvalue weighted by molar-refractivity contribution is 5.72. The highest BCUT2D eigenvalue weighted by Crippen LogP contribution is 2.23. The molecule has 0 saturated carbocycles. The first kappa shape index (κ1) is 20.9. The average molecular weight is 389 g/mol. The van der Waals surface area contributed by atoms with Gasteiger partial charge in [-0.3, -0.25) is 19.8 Å². The number of hydrogen-bond donors (Lipinski definition) is 0. The van der Waals surface area contributed by atoms with Crippen LogP contribution in [0.3, 0.4) is 0 Å². The number of carbonyl (C=O) groups is 1. The number of anilines is 1. The normalized spacial score (nSPS) is 16.1. The van der Waals surface area contributed by atoms with Gasteiger partial charge in [0.05, 0.1) is 23.9 Å². The summed E-state index contributed by atoms with van der Waals surface area (Å²) in [5.74, 6) is -0.766. The molecule has 1 aromatic rings. The third-order valence-electron chi connectivity index (χ3n) is 4.50. The molecule has 1 saturated heterocycles. The van der Waals surface area contributed by atoms with Gasteiger partial charge in [0, 0.05) is 24.9 Å². The molecule has 0 unspecified atom stereocenters. The number of ether oxygens (including phenoxy) is 1. The van der Waals surface area contributed by atoms with Gasteiger partial charge in [0.15, 0.2) is 0 Å². The van der Waals surface area contributed by atoms with Gasteiger partial charge in [-0.05, 0) is 38.1 Å². The Bertz CT molecular complexity index is 644. The van der Waals surface area contributed by atoms with Crippen LogP contribution in [-0.4, -0.2) is 61.8 Å². The summed E-state index contributed by atoms with van der Waals surface area (Å²) < 4.78 is 42.3. The summed E-state index contributed by atoms with van der Waals surface area (Å²) in [4.78, 5) is 25.3. The number of nitro groups is 1. The highest BCUT2D eigenvalue weighted by atomic mass is 19.4. The Morgan fingerprint density at radius 3 is 2.41 bits per heavy atom. The van der Waals surface area contributed by atoms with Crippen LogP contribution in [0.4, 0.5) is 24.5 Å². The predicted octanol–water partition coefficient (Wildman–Crippen LogP) is 2.85. The van der Waals surface area contributed by atoms with E-state index in [0.29, 0.717) is 19.4 Å². The zero-order valence-electron chi connectivity index (χ0n) is 14.9. The Morgan fingerprint density at radius 2 is 1.89 bits per heavy atom. The molecular weight excluding hydrogens is 367 g/mol. The van der Waals surface area contributed by atoms with E-state index in [2.05, 4.69) is 0 Å². The lowest BCUT2D eigenvalue weighted by molar-refractivity contribution is -0.384. The Morgan fingerprint density at radius 1 is 1.30 bits per heavy atom. The Balaban J connectivity index is 1.71. The first-order valence-corrected chi connectivity index (χ1v) is 8.57. The Hall–Kier alpha value is -2.36. The first-order valence-electron chi connectivity index (χ1n) is 8.57. The van der Waals surface area contributed by atoms with Crippen molar-refractivity contribution in [3.8, 4) is 0 Å². The molecule has 0 amide bonds. The van der Waals surface area contributed by atoms with Crippen molar-refractivity contribution in [2.24, 2.45) is 5.92 Å². The molecule has 0 radical (unpaired) electrons. The van der Waals surface area contributed by atoms with Crippen LogP contribution in [0.5, 0.6) is 0 Å². The lowest BCUT2D eigenvalue weighted by atomic mass is 9.97. The van der Waals surface area contributed by atoms with Crippen LogP contribution in [0.1, 0.15) is 12.8 Å². The van der Waals surface area contributed by atoms with E-state index in [4.69, 9.17) is 4.74 Å². The van der Waals surface area contributed by atoms with Crippen LogP contribution in [-0.2, 0) is 9.53 Å². The SMILES string of the molecule is CN(CCOC(=O)C1CCN(CC(F)(F)F)CC1)c1ccc([N+](=O)[O-])cc1. The summed E-state index contributed by atoms with van der Waals surface area (Å²) in [6.07, 6.45) is -3.52. The van der Waals surface area contributed by atoms with Gasteiger partial charge >= 0.3 is 12.1 Å². The summed E-state index contributed by atoms with van der Waals surface area (Å²) in [6, 6.07) is 6.01. The van der Waals surface area contributed by atoms with Gasteiger partial charge in [0.2, 0.25) is 0 Å². The monoisotopic (exact) mass is 389 g/mol. The van der Waals surface area contributed by atoms with Crippen molar-refractivity contribution < 1.29 is 27.6 Å². The maximum absolute atomic E-state index is 12.4. The number of benzene rings is 1. The number of likely N-dealkylation sites (tertiary alicyclic amines) is 1. The number of alkyl halides is 3. The molecule has 1 aliphatic rings. The Labute approximate surface area is 154 Å². The van der Waals surface area contributed by atoms with Gasteiger partial charge in [-0.15, -0.1) is 0 Å². The van der Waals surface area contributed by atoms with E-state index in [-0.39, 0.29) is 31.3 Å². The van der Waals surface area contributed by atoms with Gasteiger partial charge in [0.1, 0.15) is 6.61 Å². The van der Waals surface area contributed by atoms with E-state index < -0.39 is 23.6 Å². The smallest absolute Gasteiger partial charge is 0.401 e. The van der Waals surface area contributed by atoms with Gasteiger partial charge < -0.3 is 9.64 Å². The molecule has 10 heteroatoms. The fourth-order valence-electron chi connectivity index (χ4n) is 2.94. The molecule has 0 aliphatic carbocycles. The summed E-state index contributed by atoms with van der Waals surface area (Å²) in [5, 5.41) is 10.6. The molecule has 27 heavy (non-hydrogen) atoms. The molecule has 150 valence electrons. The van der Waals surface area contributed by atoms with Gasteiger partial charge in [-0.2, -0.15) is 13.2 Å². The lowest BCUT2D eigenvalue weighted by Crippen LogP contribution is -2.42. The van der Waals surface area contributed by atoms with Crippen LogP contribution in [0, 0.1) is 16.0 Å². The summed E-state index contributed by atoms with van der Waals surface area (Å²) in [7, 11) is 1.77. The number of nitro benzene ring substituents is 1. The largest absolute Gasteiger partial charge is 0.464 e. The third kappa shape index (κ3) is 6.70. The van der Waals surface area contributed by atoms with E-state index >= 15 is 0 Å². The minimum Gasteiger partial charge on any atom is -0.464 e. The lowest BCUT2D eigenvalue weighted by Gasteiger charge is -2.31. The van der Waals surface area contributed by atoms with Crippen LogP contribution in [0.15, 0.2) is 24.3 Å². The van der Waals surface area contributed by atoms with Gasteiger partial charge in [-0.25, -0.2) is 0 Å². The van der Waals surface area contributed by atoms with Crippen molar-refractivity contribution in [2.75, 3.05) is 44.7 Å². The molecule has 1 aliphatic heterocycles. The van der Waals surface area contributed by atoms with Crippen molar-refractivity contribution >= 4 is 17.3 Å². The number of non-ortho nitro benzene ring substituents is 1. The maximum atomic E-state index is 12.4. The second kappa shape index (κ2) is 9.03. The molecule has 1 aromatic carbocycles. The molecule has 1 fully saturated rings. The molecule has 0 atom stereocenters. The van der Waals surface area contributed by atoms with Gasteiger partial charge in [0.25, 0.3) is 5.69 Å². The number of halogens is 3. The molecule has 0 spiro atoms. The standard InChI is InChI=1S/C17H22F3N3O4/c1-21(14-2-4-15(5-3-14)23(25)26)10-11-27-16(24)13-6-8-22(9-7-13)12-17(18,19)20/h2-5,13H,6-12H2,1H3. The summed E-state index contributed by atoms with van der Waals surface area (Å²) in [6.45, 7) is 0.0320. The zero-order valence-corrected chi connectivity index (χ0v) is 14.9. The van der Waals surface area contributed by atoms with Crippen LogP contribution in [0.2, 0.25) is 0 Å². The molecule has 0 N–H and O–H groups in total. The molecule has 7 nitrogen and oxygen atoms in total. The zero-order chi connectivity index (χ0) is 20.0. The second-order valence-electron chi connectivity index (χ2n) is 6.53. The minimum atomic E-state index is -4.23. The highest BCUT2D eigenvalue weighted by Gasteiger charge is 2.34. The quantitative estimate of drug-likeness (QED) is 0.406.